The first-order valence-corrected chi connectivity index (χ1v) is 22.3. The lowest BCUT2D eigenvalue weighted by molar-refractivity contribution is 0.659. The van der Waals surface area contributed by atoms with E-state index in [-0.39, 0.29) is 5.41 Å². The van der Waals surface area contributed by atoms with Gasteiger partial charge in [-0.1, -0.05) is 206 Å². The van der Waals surface area contributed by atoms with Gasteiger partial charge in [0.25, 0.3) is 0 Å². The third kappa shape index (κ3) is 10.6. The molecule has 0 unspecified atom stereocenters. The molecule has 1 aliphatic carbocycles. The van der Waals surface area contributed by atoms with Gasteiger partial charge in [0, 0.05) is 25.3 Å². The Kier molecular flexibility index (Phi) is 17.0. The Balaban J connectivity index is 0.000000186. The Morgan fingerprint density at radius 1 is 0.717 bits per heavy atom. The summed E-state index contributed by atoms with van der Waals surface area (Å²) in [6.45, 7) is 40.3. The van der Waals surface area contributed by atoms with Crippen LogP contribution in [0.1, 0.15) is 111 Å². The van der Waals surface area contributed by atoms with Crippen LogP contribution in [0, 0.1) is 33.6 Å². The summed E-state index contributed by atoms with van der Waals surface area (Å²) in [7, 11) is 0. The fraction of sp³-hybridized carbons (Fsp3) is 0.254. The molecule has 1 aliphatic rings. The zero-order valence-corrected chi connectivity index (χ0v) is 39.2. The van der Waals surface area contributed by atoms with Crippen molar-refractivity contribution in [3.8, 4) is 11.1 Å². The lowest BCUT2D eigenvalue weighted by Crippen LogP contribution is -2.19. The van der Waals surface area contributed by atoms with Crippen molar-refractivity contribution in [3.63, 3.8) is 0 Å². The molecule has 7 rings (SSSR count). The minimum Gasteiger partial charge on any atom is -0.136 e. The Bertz CT molecular complexity index is 2620. The van der Waals surface area contributed by atoms with Crippen LogP contribution < -0.4 is 9.75 Å². The van der Waals surface area contributed by atoms with Crippen LogP contribution >= 0.6 is 11.3 Å². The highest BCUT2D eigenvalue weighted by atomic mass is 32.1. The number of hydrogen-bond donors (Lipinski definition) is 0. The van der Waals surface area contributed by atoms with E-state index in [2.05, 4.69) is 200 Å². The van der Waals surface area contributed by atoms with Crippen molar-refractivity contribution in [3.05, 3.63) is 206 Å². The van der Waals surface area contributed by atoms with E-state index >= 15 is 0 Å². The summed E-state index contributed by atoms with van der Waals surface area (Å²) >= 11 is 1.76. The molecule has 0 spiro atoms. The van der Waals surface area contributed by atoms with Crippen molar-refractivity contribution in [1.82, 2.24) is 0 Å². The first-order valence-electron chi connectivity index (χ1n) is 21.5. The number of hydrogen-bond acceptors (Lipinski definition) is 1. The van der Waals surface area contributed by atoms with Crippen molar-refractivity contribution in [1.29, 1.82) is 0 Å². The van der Waals surface area contributed by atoms with Gasteiger partial charge in [-0.05, 0) is 126 Å². The molecule has 0 atom stereocenters. The maximum atomic E-state index is 4.12. The van der Waals surface area contributed by atoms with Crippen LogP contribution in [-0.2, 0) is 5.41 Å². The predicted octanol–water partition coefficient (Wildman–Crippen LogP) is 16.3. The van der Waals surface area contributed by atoms with E-state index in [4.69, 9.17) is 0 Å². The molecule has 0 saturated heterocycles. The Hall–Kier alpha value is -5.50. The van der Waals surface area contributed by atoms with Gasteiger partial charge in [-0.2, -0.15) is 0 Å². The highest BCUT2D eigenvalue weighted by Gasteiger charge is 2.37. The second-order valence-corrected chi connectivity index (χ2v) is 17.5. The molecular weight excluding hydrogens is 741 g/mol. The van der Waals surface area contributed by atoms with Crippen molar-refractivity contribution in [2.45, 2.75) is 94.4 Å². The third-order valence-corrected chi connectivity index (χ3v) is 12.5. The summed E-state index contributed by atoms with van der Waals surface area (Å²) in [5.74, 6) is 0.570. The minimum atomic E-state index is 0.0406. The number of fused-ring (bicyclic) bond motifs is 4. The molecule has 5 aromatic carbocycles. The highest BCUT2D eigenvalue weighted by Crippen LogP contribution is 2.51. The second kappa shape index (κ2) is 21.7. The molecule has 0 nitrogen and oxygen atoms in total. The van der Waals surface area contributed by atoms with Crippen LogP contribution in [0.5, 0.6) is 0 Å². The van der Waals surface area contributed by atoms with Crippen molar-refractivity contribution >= 4 is 51.3 Å². The van der Waals surface area contributed by atoms with Gasteiger partial charge in [-0.25, -0.2) is 0 Å². The summed E-state index contributed by atoms with van der Waals surface area (Å²) in [6, 6.07) is 36.5. The van der Waals surface area contributed by atoms with Gasteiger partial charge in [-0.3, -0.25) is 0 Å². The minimum absolute atomic E-state index is 0.0406. The lowest BCUT2D eigenvalue weighted by Gasteiger charge is -2.23. The Morgan fingerprint density at radius 3 is 1.90 bits per heavy atom. The van der Waals surface area contributed by atoms with Crippen LogP contribution in [0.3, 0.4) is 0 Å². The van der Waals surface area contributed by atoms with E-state index in [0.29, 0.717) is 5.92 Å². The SMILES string of the molecule is C/C=C(\C(=C/CC)C(C)C)c1ccccc1C.C=C/C(CC)=c1\c(=C)sc2ccccc12.C=Cc1c(C)cc2c(c1C=C)-c1ccc(C)cc1C2(C)C.Cc1ccccc1. The summed E-state index contributed by atoms with van der Waals surface area (Å²) in [5, 5.41) is 2.59. The maximum Gasteiger partial charge on any atom is 0.0355 e. The molecule has 0 radical (unpaired) electrons. The number of thiophene rings is 1. The molecule has 0 fully saturated rings. The molecule has 1 heterocycles. The van der Waals surface area contributed by atoms with E-state index in [0.717, 1.165) is 17.4 Å². The van der Waals surface area contributed by atoms with Gasteiger partial charge in [0.2, 0.25) is 0 Å². The van der Waals surface area contributed by atoms with E-state index in [1.54, 1.807) is 11.3 Å². The topological polar surface area (TPSA) is 0 Å². The van der Waals surface area contributed by atoms with Crippen molar-refractivity contribution in [2.24, 2.45) is 5.92 Å². The van der Waals surface area contributed by atoms with Crippen LogP contribution in [0.2, 0.25) is 0 Å². The highest BCUT2D eigenvalue weighted by molar-refractivity contribution is 7.17. The number of rotatable bonds is 8. The Labute approximate surface area is 367 Å². The molecule has 0 N–H and O–H groups in total. The van der Waals surface area contributed by atoms with Gasteiger partial charge in [0.1, 0.15) is 0 Å². The molecule has 1 aromatic heterocycles. The van der Waals surface area contributed by atoms with Gasteiger partial charge in [-0.15, -0.1) is 11.3 Å². The smallest absolute Gasteiger partial charge is 0.0355 e. The normalized spacial score (nSPS) is 13.1. The summed E-state index contributed by atoms with van der Waals surface area (Å²) < 4.78 is 2.46. The van der Waals surface area contributed by atoms with Gasteiger partial charge >= 0.3 is 0 Å². The van der Waals surface area contributed by atoms with Gasteiger partial charge in [0.05, 0.1) is 0 Å². The summed E-state index contributed by atoms with van der Waals surface area (Å²) in [4.78, 5) is 0. The quantitative estimate of drug-likeness (QED) is 0.134. The number of aryl methyl sites for hydroxylation is 4. The lowest BCUT2D eigenvalue weighted by atomic mass is 9.80. The molecule has 0 amide bonds. The molecule has 1 heteroatoms. The van der Waals surface area contributed by atoms with Crippen LogP contribution in [0.25, 0.3) is 51.1 Å². The van der Waals surface area contributed by atoms with Crippen molar-refractivity contribution in [2.75, 3.05) is 0 Å². The standard InChI is InChI=1S/C21H22.C17H24.C14H14S.C7H8/c1-7-15-14(4)12-19-20(16(15)8-2)17-10-9-13(3)11-18(17)21(19,5)6;1-6-10-16(13(3)4)15(7-2)17-12-9-8-11-14(17)5;1-4-11(5-2)14-10(3)15-13-9-7-6-8-12(13)14;1-7-5-3-2-4-6-7/h7-12H,1-2H2,3-6H3;7-13H,6H2,1-5H3;4,6-9H,1,3,5H2,2H3;2-6H,1H3/b;15-7+,16-10-;14-11-;. The molecule has 0 aliphatic heterocycles. The van der Waals surface area contributed by atoms with E-state index < -0.39 is 0 Å². The zero-order chi connectivity index (χ0) is 44.1. The molecule has 0 bridgehead atoms. The van der Waals surface area contributed by atoms with E-state index in [1.165, 1.54) is 93.2 Å². The van der Waals surface area contributed by atoms with E-state index in [9.17, 15) is 0 Å². The maximum absolute atomic E-state index is 4.12. The first-order chi connectivity index (χ1) is 28.7. The largest absolute Gasteiger partial charge is 0.136 e. The first kappa shape index (κ1) is 47.2. The monoisotopic (exact) mass is 809 g/mol. The number of allylic oxidation sites excluding steroid dienone is 5. The molecule has 60 heavy (non-hydrogen) atoms. The summed E-state index contributed by atoms with van der Waals surface area (Å²) in [6.07, 6.45) is 12.6. The predicted molar refractivity (Wildman–Crippen MR) is 273 cm³/mol. The molecule has 0 saturated carbocycles. The fourth-order valence-corrected chi connectivity index (χ4v) is 9.33. The zero-order valence-electron chi connectivity index (χ0n) is 38.4. The molecule has 6 aromatic rings. The van der Waals surface area contributed by atoms with Crippen molar-refractivity contribution < 1.29 is 0 Å². The van der Waals surface area contributed by atoms with Crippen LogP contribution in [-0.4, -0.2) is 0 Å². The Morgan fingerprint density at radius 2 is 1.35 bits per heavy atom. The average Bonchev–Trinajstić information content (AvgIpc) is 3.68. The average molecular weight is 809 g/mol. The number of benzene rings is 5. The molecule has 310 valence electrons. The van der Waals surface area contributed by atoms with Gasteiger partial charge < -0.3 is 0 Å². The third-order valence-electron chi connectivity index (χ3n) is 11.5. The van der Waals surface area contributed by atoms with Crippen LogP contribution in [0.15, 0.2) is 147 Å². The van der Waals surface area contributed by atoms with Crippen LogP contribution in [0.4, 0.5) is 0 Å². The summed E-state index contributed by atoms with van der Waals surface area (Å²) in [5.41, 5.74) is 18.7. The molecular formula is C59H68S. The van der Waals surface area contributed by atoms with E-state index in [1.807, 2.05) is 36.4 Å². The second-order valence-electron chi connectivity index (χ2n) is 16.4. The fourth-order valence-electron chi connectivity index (χ4n) is 8.30. The van der Waals surface area contributed by atoms with Gasteiger partial charge in [0.15, 0.2) is 0 Å².